The Morgan fingerprint density at radius 2 is 2.12 bits per heavy atom. The Hall–Kier alpha value is -2.67. The van der Waals surface area contributed by atoms with Crippen LogP contribution in [0.4, 0.5) is 5.69 Å². The van der Waals surface area contributed by atoms with E-state index in [9.17, 15) is 14.7 Å². The first-order chi connectivity index (χ1) is 12.5. The van der Waals surface area contributed by atoms with Crippen molar-refractivity contribution >= 4 is 11.6 Å². The van der Waals surface area contributed by atoms with Crippen molar-refractivity contribution in [2.24, 2.45) is 0 Å². The second-order valence-corrected chi connectivity index (χ2v) is 6.79. The predicted octanol–water partition coefficient (Wildman–Crippen LogP) is 0.759. The molecule has 1 saturated heterocycles. The third-order valence-corrected chi connectivity index (χ3v) is 4.72. The van der Waals surface area contributed by atoms with E-state index in [0.29, 0.717) is 25.2 Å². The molecular weight excluding hydrogens is 332 g/mol. The molecule has 1 aromatic heterocycles. The summed E-state index contributed by atoms with van der Waals surface area (Å²) in [6, 6.07) is 11.2. The highest BCUT2D eigenvalue weighted by Gasteiger charge is 2.35. The van der Waals surface area contributed by atoms with Gasteiger partial charge in [0.2, 0.25) is 5.91 Å². The molecule has 1 atom stereocenters. The van der Waals surface area contributed by atoms with Gasteiger partial charge in [-0.05, 0) is 18.4 Å². The highest BCUT2D eigenvalue weighted by Crippen LogP contribution is 2.27. The Bertz CT molecular complexity index is 821. The molecule has 1 unspecified atom stereocenters. The Balaban J connectivity index is 1.74. The number of aromatic nitrogens is 2. The van der Waals surface area contributed by atoms with E-state index in [2.05, 4.69) is 10.4 Å². The Labute approximate surface area is 152 Å². The molecule has 1 aromatic carbocycles. The summed E-state index contributed by atoms with van der Waals surface area (Å²) in [6.07, 6.45) is 3.02. The van der Waals surface area contributed by atoms with Gasteiger partial charge in [0.25, 0.3) is 5.56 Å². The number of carbonyl (C=O) groups excluding carboxylic acids is 1. The van der Waals surface area contributed by atoms with E-state index in [4.69, 9.17) is 0 Å². The van der Waals surface area contributed by atoms with E-state index in [1.54, 1.807) is 19.3 Å². The normalized spacial score (nSPS) is 20.0. The molecule has 138 valence electrons. The lowest BCUT2D eigenvalue weighted by Gasteiger charge is -2.39. The fraction of sp³-hybridized carbons (Fsp3) is 0.421. The van der Waals surface area contributed by atoms with Crippen LogP contribution in [0.3, 0.4) is 0 Å². The number of rotatable bonds is 5. The number of anilines is 1. The third kappa shape index (κ3) is 4.29. The van der Waals surface area contributed by atoms with Crippen molar-refractivity contribution in [2.75, 3.05) is 25.0 Å². The van der Waals surface area contributed by atoms with Gasteiger partial charge in [0.15, 0.2) is 0 Å². The minimum Gasteiger partial charge on any atom is -0.388 e. The number of benzene rings is 1. The number of hydrogen-bond acceptors (Lipinski definition) is 5. The summed E-state index contributed by atoms with van der Waals surface area (Å²) in [5.74, 6) is -0.189. The van der Waals surface area contributed by atoms with E-state index in [1.165, 1.54) is 4.68 Å². The summed E-state index contributed by atoms with van der Waals surface area (Å²) >= 11 is 0. The second-order valence-electron chi connectivity index (χ2n) is 6.79. The summed E-state index contributed by atoms with van der Waals surface area (Å²) < 4.78 is 1.42. The summed E-state index contributed by atoms with van der Waals surface area (Å²) in [5, 5.41) is 17.5. The van der Waals surface area contributed by atoms with Gasteiger partial charge in [-0.2, -0.15) is 5.10 Å². The van der Waals surface area contributed by atoms with Crippen LogP contribution in [0.5, 0.6) is 0 Å². The first-order valence-electron chi connectivity index (χ1n) is 8.78. The van der Waals surface area contributed by atoms with Gasteiger partial charge in [0.1, 0.15) is 0 Å². The molecule has 26 heavy (non-hydrogen) atoms. The maximum atomic E-state index is 12.4. The second kappa shape index (κ2) is 7.70. The maximum Gasteiger partial charge on any atom is 0.269 e. The number of carbonyl (C=O) groups is 1. The van der Waals surface area contributed by atoms with Gasteiger partial charge in [-0.15, -0.1) is 0 Å². The summed E-state index contributed by atoms with van der Waals surface area (Å²) in [7, 11) is 1.56. The van der Waals surface area contributed by atoms with E-state index in [-0.39, 0.29) is 17.9 Å². The topological polar surface area (TPSA) is 87.5 Å². The minimum atomic E-state index is -1.09. The number of nitrogens with zero attached hydrogens (tertiary/aromatic N) is 3. The van der Waals surface area contributed by atoms with Gasteiger partial charge < -0.3 is 15.3 Å². The first kappa shape index (κ1) is 18.1. The molecule has 2 N–H and O–H groups in total. The van der Waals surface area contributed by atoms with Gasteiger partial charge >= 0.3 is 0 Å². The number of β-amino-alcohol motifs (C(OH)–C–C–N with tert-alkyl or cyclic N) is 1. The Morgan fingerprint density at radius 1 is 1.35 bits per heavy atom. The van der Waals surface area contributed by atoms with Gasteiger partial charge in [-0.1, -0.05) is 30.3 Å². The lowest BCUT2D eigenvalue weighted by atomic mass is 9.89. The largest absolute Gasteiger partial charge is 0.388 e. The molecular formula is C19H24N4O3. The number of nitrogens with one attached hydrogen (secondary N) is 1. The summed E-state index contributed by atoms with van der Waals surface area (Å²) in [5.41, 5.74) is 0.408. The average Bonchev–Trinajstić information content (AvgIpc) is 2.64. The van der Waals surface area contributed by atoms with E-state index >= 15 is 0 Å². The minimum absolute atomic E-state index is 0.0541. The van der Waals surface area contributed by atoms with Crippen molar-refractivity contribution in [3.63, 3.8) is 0 Å². The lowest BCUT2D eigenvalue weighted by Crippen LogP contribution is -2.50. The molecule has 2 heterocycles. The quantitative estimate of drug-likeness (QED) is 0.826. The molecule has 0 spiro atoms. The zero-order valence-electron chi connectivity index (χ0n) is 14.9. The predicted molar refractivity (Wildman–Crippen MR) is 99.1 cm³/mol. The molecule has 2 aromatic rings. The first-order valence-corrected chi connectivity index (χ1v) is 8.78. The average molecular weight is 356 g/mol. The molecule has 1 fully saturated rings. The highest BCUT2D eigenvalue weighted by atomic mass is 16.3. The van der Waals surface area contributed by atoms with Crippen LogP contribution < -0.4 is 15.8 Å². The van der Waals surface area contributed by atoms with Crippen molar-refractivity contribution in [1.29, 1.82) is 0 Å². The van der Waals surface area contributed by atoms with Crippen LogP contribution in [0.1, 0.15) is 24.8 Å². The van der Waals surface area contributed by atoms with Gasteiger partial charge in [-0.3, -0.25) is 9.59 Å². The van der Waals surface area contributed by atoms with Gasteiger partial charge in [0.05, 0.1) is 30.5 Å². The fourth-order valence-electron chi connectivity index (χ4n) is 3.34. The van der Waals surface area contributed by atoms with Crippen LogP contribution in [-0.4, -0.2) is 46.5 Å². The zero-order chi connectivity index (χ0) is 18.6. The zero-order valence-corrected chi connectivity index (χ0v) is 14.9. The fourth-order valence-corrected chi connectivity index (χ4v) is 3.34. The van der Waals surface area contributed by atoms with Crippen molar-refractivity contribution in [3.05, 3.63) is 58.5 Å². The monoisotopic (exact) mass is 356 g/mol. The number of piperidine rings is 1. The van der Waals surface area contributed by atoms with Crippen LogP contribution in [0.25, 0.3) is 0 Å². The smallest absolute Gasteiger partial charge is 0.269 e. The molecule has 1 amide bonds. The van der Waals surface area contributed by atoms with Crippen LogP contribution in [0, 0.1) is 0 Å². The molecule has 0 saturated carbocycles. The van der Waals surface area contributed by atoms with Gasteiger partial charge in [0, 0.05) is 26.2 Å². The Morgan fingerprint density at radius 3 is 2.81 bits per heavy atom. The van der Waals surface area contributed by atoms with Crippen LogP contribution in [0.2, 0.25) is 0 Å². The maximum absolute atomic E-state index is 12.4. The number of aliphatic hydroxyl groups is 1. The molecule has 7 nitrogen and oxygen atoms in total. The highest BCUT2D eigenvalue weighted by molar-refractivity contribution is 5.76. The molecule has 1 aliphatic rings. The van der Waals surface area contributed by atoms with Crippen LogP contribution >= 0.6 is 0 Å². The standard InChI is InChI=1S/C19H24N4O3/c1-20-17(24)11-19(26)8-5-9-22(14-19)16-10-18(25)23(21-12-16)13-15-6-3-2-4-7-15/h2-4,6-7,10,12,26H,5,8-9,11,13-14H2,1H3,(H,20,24). The molecule has 3 rings (SSSR count). The lowest BCUT2D eigenvalue weighted by molar-refractivity contribution is -0.125. The van der Waals surface area contributed by atoms with E-state index < -0.39 is 5.60 Å². The van der Waals surface area contributed by atoms with E-state index in [0.717, 1.165) is 18.5 Å². The van der Waals surface area contributed by atoms with Crippen LogP contribution in [0.15, 0.2) is 47.4 Å². The van der Waals surface area contributed by atoms with Crippen LogP contribution in [-0.2, 0) is 11.3 Å². The molecule has 0 aliphatic carbocycles. The van der Waals surface area contributed by atoms with Crippen molar-refractivity contribution in [2.45, 2.75) is 31.4 Å². The SMILES string of the molecule is CNC(=O)CC1(O)CCCN(c2cnn(Cc3ccccc3)c(=O)c2)C1. The number of amides is 1. The van der Waals surface area contributed by atoms with Crippen molar-refractivity contribution in [1.82, 2.24) is 15.1 Å². The van der Waals surface area contributed by atoms with E-state index in [1.807, 2.05) is 35.2 Å². The molecule has 0 radical (unpaired) electrons. The molecule has 1 aliphatic heterocycles. The summed E-state index contributed by atoms with van der Waals surface area (Å²) in [4.78, 5) is 26.0. The molecule has 7 heteroatoms. The van der Waals surface area contributed by atoms with Gasteiger partial charge in [-0.25, -0.2) is 4.68 Å². The number of hydrogen-bond donors (Lipinski definition) is 2. The van der Waals surface area contributed by atoms with Crippen molar-refractivity contribution in [3.8, 4) is 0 Å². The van der Waals surface area contributed by atoms with Crippen molar-refractivity contribution < 1.29 is 9.90 Å². The summed E-state index contributed by atoms with van der Waals surface area (Å²) in [6.45, 7) is 1.45. The molecule has 0 bridgehead atoms. The third-order valence-electron chi connectivity index (χ3n) is 4.72. The Kier molecular flexibility index (Phi) is 5.37.